The molecule has 0 spiro atoms. The summed E-state index contributed by atoms with van der Waals surface area (Å²) < 4.78 is 5.67. The summed E-state index contributed by atoms with van der Waals surface area (Å²) in [5, 5.41) is 3.15. The number of carbonyl (C=O) groups is 2. The molecule has 0 heterocycles. The number of rotatable bonds is 8. The third-order valence-electron chi connectivity index (χ3n) is 5.83. The van der Waals surface area contributed by atoms with Gasteiger partial charge in [0.1, 0.15) is 11.8 Å². The molecule has 0 aromatic heterocycles. The molecule has 0 radical (unpaired) electrons. The smallest absolute Gasteiger partial charge is 0.261 e. The van der Waals surface area contributed by atoms with Crippen molar-refractivity contribution in [2.45, 2.75) is 64.6 Å². The van der Waals surface area contributed by atoms with E-state index in [4.69, 9.17) is 4.74 Å². The van der Waals surface area contributed by atoms with E-state index >= 15 is 0 Å². The molecule has 2 amide bonds. The first kappa shape index (κ1) is 21.9. The highest BCUT2D eigenvalue weighted by Crippen LogP contribution is 2.19. The number of amides is 2. The molecule has 1 atom stereocenters. The van der Waals surface area contributed by atoms with Crippen molar-refractivity contribution in [3.8, 4) is 5.75 Å². The fraction of sp³-hybridized carbons (Fsp3) is 0.440. The Labute approximate surface area is 179 Å². The molecule has 1 fully saturated rings. The largest absolute Gasteiger partial charge is 0.484 e. The Kier molecular flexibility index (Phi) is 7.89. The Bertz CT molecular complexity index is 831. The van der Waals surface area contributed by atoms with Gasteiger partial charge in [-0.15, -0.1) is 0 Å². The van der Waals surface area contributed by atoms with Crippen LogP contribution in [-0.4, -0.2) is 35.4 Å². The molecule has 0 bridgehead atoms. The molecular weight excluding hydrogens is 376 g/mol. The van der Waals surface area contributed by atoms with Crippen LogP contribution in [0, 0.1) is 6.92 Å². The minimum absolute atomic E-state index is 0.0939. The molecule has 1 saturated carbocycles. The van der Waals surface area contributed by atoms with E-state index in [0.29, 0.717) is 12.3 Å². The summed E-state index contributed by atoms with van der Waals surface area (Å²) in [5.41, 5.74) is 2.13. The van der Waals surface area contributed by atoms with Crippen LogP contribution in [0.3, 0.4) is 0 Å². The minimum atomic E-state index is -0.571. The van der Waals surface area contributed by atoms with Crippen molar-refractivity contribution in [1.82, 2.24) is 10.2 Å². The molecular formula is C25H32N2O3. The van der Waals surface area contributed by atoms with E-state index in [2.05, 4.69) is 5.32 Å². The average molecular weight is 409 g/mol. The molecule has 5 nitrogen and oxygen atoms in total. The molecule has 3 rings (SSSR count). The van der Waals surface area contributed by atoms with Crippen LogP contribution >= 0.6 is 0 Å². The van der Waals surface area contributed by atoms with Gasteiger partial charge in [-0.05, 0) is 49.9 Å². The van der Waals surface area contributed by atoms with Crippen LogP contribution < -0.4 is 10.1 Å². The summed E-state index contributed by atoms with van der Waals surface area (Å²) in [6.07, 6.45) is 5.56. The summed E-state index contributed by atoms with van der Waals surface area (Å²) in [7, 11) is 0. The molecule has 160 valence electrons. The lowest BCUT2D eigenvalue weighted by molar-refractivity contribution is -0.142. The first-order valence-electron chi connectivity index (χ1n) is 10.9. The molecule has 5 heteroatoms. The predicted molar refractivity (Wildman–Crippen MR) is 118 cm³/mol. The van der Waals surface area contributed by atoms with E-state index in [-0.39, 0.29) is 24.5 Å². The first-order valence-corrected chi connectivity index (χ1v) is 10.9. The van der Waals surface area contributed by atoms with Gasteiger partial charge < -0.3 is 15.0 Å². The van der Waals surface area contributed by atoms with Gasteiger partial charge in [0.25, 0.3) is 5.91 Å². The molecule has 1 aliphatic carbocycles. The number of aryl methyl sites for hydroxylation is 1. The van der Waals surface area contributed by atoms with Crippen LogP contribution in [-0.2, 0) is 16.1 Å². The lowest BCUT2D eigenvalue weighted by Gasteiger charge is -2.31. The van der Waals surface area contributed by atoms with Crippen molar-refractivity contribution in [3.05, 3.63) is 65.7 Å². The number of benzene rings is 2. The molecule has 0 aliphatic heterocycles. The second-order valence-electron chi connectivity index (χ2n) is 8.07. The fourth-order valence-electron chi connectivity index (χ4n) is 3.87. The molecule has 1 aliphatic rings. The number of hydrogen-bond donors (Lipinski definition) is 1. The summed E-state index contributed by atoms with van der Waals surface area (Å²) >= 11 is 0. The Balaban J connectivity index is 1.71. The average Bonchev–Trinajstić information content (AvgIpc) is 2.78. The summed E-state index contributed by atoms with van der Waals surface area (Å²) in [6.45, 7) is 4.10. The monoisotopic (exact) mass is 408 g/mol. The van der Waals surface area contributed by atoms with Crippen LogP contribution in [0.1, 0.15) is 50.2 Å². The van der Waals surface area contributed by atoms with Crippen molar-refractivity contribution >= 4 is 11.8 Å². The van der Waals surface area contributed by atoms with E-state index in [1.165, 1.54) is 6.42 Å². The second-order valence-corrected chi connectivity index (χ2v) is 8.07. The van der Waals surface area contributed by atoms with Gasteiger partial charge >= 0.3 is 0 Å². The summed E-state index contributed by atoms with van der Waals surface area (Å²) in [4.78, 5) is 27.7. The van der Waals surface area contributed by atoms with Crippen molar-refractivity contribution in [1.29, 1.82) is 0 Å². The van der Waals surface area contributed by atoms with Crippen LogP contribution in [0.25, 0.3) is 0 Å². The predicted octanol–water partition coefficient (Wildman–Crippen LogP) is 4.24. The maximum absolute atomic E-state index is 13.1. The van der Waals surface area contributed by atoms with E-state index in [1.54, 1.807) is 11.8 Å². The third kappa shape index (κ3) is 6.09. The zero-order valence-corrected chi connectivity index (χ0v) is 18.0. The van der Waals surface area contributed by atoms with Crippen molar-refractivity contribution in [3.63, 3.8) is 0 Å². The number of ether oxygens (including phenoxy) is 1. The maximum Gasteiger partial charge on any atom is 0.261 e. The lowest BCUT2D eigenvalue weighted by Crippen LogP contribution is -2.51. The van der Waals surface area contributed by atoms with Gasteiger partial charge in [0.2, 0.25) is 5.91 Å². The molecule has 30 heavy (non-hydrogen) atoms. The number of nitrogens with zero attached hydrogens (tertiary/aromatic N) is 1. The Morgan fingerprint density at radius 1 is 1.03 bits per heavy atom. The quantitative estimate of drug-likeness (QED) is 0.711. The van der Waals surface area contributed by atoms with E-state index in [0.717, 1.165) is 36.8 Å². The van der Waals surface area contributed by atoms with Crippen molar-refractivity contribution < 1.29 is 14.3 Å². The van der Waals surface area contributed by atoms with Gasteiger partial charge in [-0.1, -0.05) is 61.7 Å². The third-order valence-corrected chi connectivity index (χ3v) is 5.83. The number of nitrogens with one attached hydrogen (secondary N) is 1. The summed E-state index contributed by atoms with van der Waals surface area (Å²) in [5.74, 6) is 0.345. The van der Waals surface area contributed by atoms with Crippen LogP contribution in [0.5, 0.6) is 5.75 Å². The fourth-order valence-corrected chi connectivity index (χ4v) is 3.87. The molecule has 1 unspecified atom stereocenters. The Morgan fingerprint density at radius 3 is 2.40 bits per heavy atom. The molecule has 1 N–H and O–H groups in total. The Morgan fingerprint density at radius 2 is 1.70 bits per heavy atom. The topological polar surface area (TPSA) is 58.6 Å². The first-order chi connectivity index (χ1) is 14.5. The van der Waals surface area contributed by atoms with Crippen LogP contribution in [0.2, 0.25) is 0 Å². The van der Waals surface area contributed by atoms with Gasteiger partial charge in [-0.3, -0.25) is 9.59 Å². The van der Waals surface area contributed by atoms with Gasteiger partial charge in [-0.25, -0.2) is 0 Å². The number of hydrogen-bond acceptors (Lipinski definition) is 3. The van der Waals surface area contributed by atoms with Crippen LogP contribution in [0.15, 0.2) is 54.6 Å². The highest BCUT2D eigenvalue weighted by molar-refractivity contribution is 5.88. The standard InChI is InChI=1S/C25H32N2O3/c1-19-11-9-10-12-21(19)17-27(24(28)18-30-23-15-7-4-8-16-23)20(2)25(29)26-22-13-5-3-6-14-22/h4,7-12,15-16,20,22H,3,5-6,13-14,17-18H2,1-2H3,(H,26,29). The number of carbonyl (C=O) groups excluding carboxylic acids is 2. The zero-order chi connectivity index (χ0) is 21.3. The molecule has 2 aromatic carbocycles. The van der Waals surface area contributed by atoms with Crippen LogP contribution in [0.4, 0.5) is 0 Å². The summed E-state index contributed by atoms with van der Waals surface area (Å²) in [6, 6.07) is 16.9. The maximum atomic E-state index is 13.1. The Hall–Kier alpha value is -2.82. The molecule has 0 saturated heterocycles. The normalized spacial score (nSPS) is 15.3. The lowest BCUT2D eigenvalue weighted by atomic mass is 9.95. The van der Waals surface area contributed by atoms with E-state index < -0.39 is 6.04 Å². The SMILES string of the molecule is Cc1ccccc1CN(C(=O)COc1ccccc1)C(C)C(=O)NC1CCCCC1. The van der Waals surface area contributed by atoms with Gasteiger partial charge in [0.05, 0.1) is 0 Å². The highest BCUT2D eigenvalue weighted by atomic mass is 16.5. The van der Waals surface area contributed by atoms with Crippen molar-refractivity contribution in [2.24, 2.45) is 0 Å². The molecule has 2 aromatic rings. The van der Waals surface area contributed by atoms with Crippen molar-refractivity contribution in [2.75, 3.05) is 6.61 Å². The van der Waals surface area contributed by atoms with Gasteiger partial charge in [0, 0.05) is 12.6 Å². The van der Waals surface area contributed by atoms with Gasteiger partial charge in [-0.2, -0.15) is 0 Å². The minimum Gasteiger partial charge on any atom is -0.484 e. The van der Waals surface area contributed by atoms with Gasteiger partial charge in [0.15, 0.2) is 6.61 Å². The number of para-hydroxylation sites is 1. The highest BCUT2D eigenvalue weighted by Gasteiger charge is 2.28. The van der Waals surface area contributed by atoms with E-state index in [9.17, 15) is 9.59 Å². The second kappa shape index (κ2) is 10.8. The van der Waals surface area contributed by atoms with E-state index in [1.807, 2.05) is 61.5 Å². The zero-order valence-electron chi connectivity index (χ0n) is 18.0.